The minimum absolute atomic E-state index is 0.0585. The van der Waals surface area contributed by atoms with Gasteiger partial charge in [0, 0.05) is 24.5 Å². The quantitative estimate of drug-likeness (QED) is 0.868. The van der Waals surface area contributed by atoms with Gasteiger partial charge in [0.25, 0.3) is 0 Å². The van der Waals surface area contributed by atoms with E-state index >= 15 is 0 Å². The van der Waals surface area contributed by atoms with Gasteiger partial charge in [0.2, 0.25) is 10.0 Å². The molecule has 0 saturated carbocycles. The van der Waals surface area contributed by atoms with Crippen molar-refractivity contribution in [2.75, 3.05) is 0 Å². The number of benzene rings is 1. The maximum absolute atomic E-state index is 13.2. The maximum atomic E-state index is 13.2. The Bertz CT molecular complexity index is 690. The van der Waals surface area contributed by atoms with Gasteiger partial charge in [0.1, 0.15) is 5.82 Å². The number of sulfonamides is 1. The van der Waals surface area contributed by atoms with E-state index in [1.54, 1.807) is 24.5 Å². The third-order valence-electron chi connectivity index (χ3n) is 2.71. The average Bonchev–Trinajstić information content (AvgIpc) is 2.46. The minimum atomic E-state index is -3.76. The lowest BCUT2D eigenvalue weighted by molar-refractivity contribution is 0.275. The molecule has 0 unspecified atom stereocenters. The van der Waals surface area contributed by atoms with E-state index in [-0.39, 0.29) is 17.0 Å². The van der Waals surface area contributed by atoms with Crippen LogP contribution in [-0.2, 0) is 23.2 Å². The molecule has 0 atom stereocenters. The number of aromatic nitrogens is 1. The van der Waals surface area contributed by atoms with Gasteiger partial charge < -0.3 is 5.11 Å². The SMILES string of the molecule is O=S(=O)(NCc1ccncc1)c1ccc(F)c(CO)c1. The monoisotopic (exact) mass is 296 g/mol. The molecule has 0 aliphatic heterocycles. The Morgan fingerprint density at radius 2 is 1.90 bits per heavy atom. The number of hydrogen-bond donors (Lipinski definition) is 2. The second-order valence-corrected chi connectivity index (χ2v) is 5.86. The number of nitrogens with one attached hydrogen (secondary N) is 1. The zero-order chi connectivity index (χ0) is 14.6. The standard InChI is InChI=1S/C13H13FN2O3S/c14-13-2-1-12(7-11(13)9-17)20(18,19)16-8-10-3-5-15-6-4-10/h1-7,16-17H,8-9H2. The smallest absolute Gasteiger partial charge is 0.240 e. The molecule has 5 nitrogen and oxygen atoms in total. The number of aliphatic hydroxyl groups is 1. The summed E-state index contributed by atoms with van der Waals surface area (Å²) in [5.41, 5.74) is 0.699. The lowest BCUT2D eigenvalue weighted by atomic mass is 10.2. The summed E-state index contributed by atoms with van der Waals surface area (Å²) in [6.07, 6.45) is 3.12. The molecule has 0 amide bonds. The van der Waals surface area contributed by atoms with Crippen LogP contribution in [-0.4, -0.2) is 18.5 Å². The van der Waals surface area contributed by atoms with Gasteiger partial charge in [-0.2, -0.15) is 0 Å². The Hall–Kier alpha value is -1.83. The lowest BCUT2D eigenvalue weighted by Gasteiger charge is -2.08. The van der Waals surface area contributed by atoms with E-state index in [0.29, 0.717) is 0 Å². The summed E-state index contributed by atoms with van der Waals surface area (Å²) in [7, 11) is -3.76. The Kier molecular flexibility index (Phi) is 4.43. The van der Waals surface area contributed by atoms with Crippen LogP contribution in [0.15, 0.2) is 47.6 Å². The van der Waals surface area contributed by atoms with Crippen LogP contribution in [0.4, 0.5) is 4.39 Å². The number of pyridine rings is 1. The number of halogens is 1. The largest absolute Gasteiger partial charge is 0.392 e. The van der Waals surface area contributed by atoms with Gasteiger partial charge in [-0.15, -0.1) is 0 Å². The van der Waals surface area contributed by atoms with Crippen LogP contribution in [0, 0.1) is 5.82 Å². The van der Waals surface area contributed by atoms with Crippen LogP contribution >= 0.6 is 0 Å². The molecule has 2 rings (SSSR count). The van der Waals surface area contributed by atoms with Crippen molar-refractivity contribution in [1.29, 1.82) is 0 Å². The van der Waals surface area contributed by atoms with E-state index in [2.05, 4.69) is 9.71 Å². The van der Waals surface area contributed by atoms with E-state index in [1.807, 2.05) is 0 Å². The minimum Gasteiger partial charge on any atom is -0.392 e. The molecule has 1 aromatic heterocycles. The highest BCUT2D eigenvalue weighted by Gasteiger charge is 2.15. The summed E-state index contributed by atoms with van der Waals surface area (Å²) in [6, 6.07) is 6.67. The summed E-state index contributed by atoms with van der Waals surface area (Å²) in [5.74, 6) is -0.638. The topological polar surface area (TPSA) is 79.3 Å². The summed E-state index contributed by atoms with van der Waals surface area (Å²) < 4.78 is 39.7. The van der Waals surface area contributed by atoms with Crippen molar-refractivity contribution >= 4 is 10.0 Å². The number of nitrogens with zero attached hydrogens (tertiary/aromatic N) is 1. The second kappa shape index (κ2) is 6.08. The molecule has 0 radical (unpaired) electrons. The van der Waals surface area contributed by atoms with Gasteiger partial charge >= 0.3 is 0 Å². The molecule has 0 aliphatic rings. The van der Waals surface area contributed by atoms with Crippen LogP contribution in [0.5, 0.6) is 0 Å². The van der Waals surface area contributed by atoms with Gasteiger partial charge in [-0.1, -0.05) is 0 Å². The molecule has 20 heavy (non-hydrogen) atoms. The molecule has 1 aromatic carbocycles. The fourth-order valence-electron chi connectivity index (χ4n) is 1.60. The van der Waals surface area contributed by atoms with Crippen LogP contribution < -0.4 is 4.72 Å². The number of rotatable bonds is 5. The number of aliphatic hydroxyl groups excluding tert-OH is 1. The molecular weight excluding hydrogens is 283 g/mol. The van der Waals surface area contributed by atoms with Gasteiger partial charge in [-0.25, -0.2) is 17.5 Å². The first kappa shape index (κ1) is 14.6. The first-order valence-corrected chi connectivity index (χ1v) is 7.29. The molecule has 0 aliphatic carbocycles. The van der Waals surface area contributed by atoms with Crippen LogP contribution in [0.25, 0.3) is 0 Å². The zero-order valence-corrected chi connectivity index (χ0v) is 11.3. The Morgan fingerprint density at radius 1 is 1.20 bits per heavy atom. The Balaban J connectivity index is 2.18. The summed E-state index contributed by atoms with van der Waals surface area (Å²) in [6.45, 7) is -0.448. The predicted molar refractivity (Wildman–Crippen MR) is 70.6 cm³/mol. The van der Waals surface area contributed by atoms with Crippen molar-refractivity contribution in [3.63, 3.8) is 0 Å². The molecule has 0 saturated heterocycles. The third kappa shape index (κ3) is 3.38. The Morgan fingerprint density at radius 3 is 2.55 bits per heavy atom. The molecule has 7 heteroatoms. The van der Waals surface area contributed by atoms with E-state index in [1.165, 1.54) is 0 Å². The van der Waals surface area contributed by atoms with E-state index in [9.17, 15) is 12.8 Å². The second-order valence-electron chi connectivity index (χ2n) is 4.09. The molecule has 2 N–H and O–H groups in total. The summed E-state index contributed by atoms with van der Waals surface area (Å²) >= 11 is 0. The first-order chi connectivity index (χ1) is 9.53. The van der Waals surface area contributed by atoms with Crippen LogP contribution in [0.2, 0.25) is 0 Å². The predicted octanol–water partition coefficient (Wildman–Crippen LogP) is 1.19. The lowest BCUT2D eigenvalue weighted by Crippen LogP contribution is -2.23. The van der Waals surface area contributed by atoms with Crippen molar-refractivity contribution in [1.82, 2.24) is 9.71 Å². The third-order valence-corrected chi connectivity index (χ3v) is 4.11. The van der Waals surface area contributed by atoms with Gasteiger partial charge in [-0.3, -0.25) is 4.98 Å². The fraction of sp³-hybridized carbons (Fsp3) is 0.154. The highest BCUT2D eigenvalue weighted by atomic mass is 32.2. The zero-order valence-electron chi connectivity index (χ0n) is 10.5. The number of hydrogen-bond acceptors (Lipinski definition) is 4. The highest BCUT2D eigenvalue weighted by Crippen LogP contribution is 2.15. The molecule has 1 heterocycles. The van der Waals surface area contributed by atoms with E-state index in [4.69, 9.17) is 5.11 Å². The first-order valence-electron chi connectivity index (χ1n) is 5.81. The van der Waals surface area contributed by atoms with Crippen LogP contribution in [0.3, 0.4) is 0 Å². The molecule has 0 spiro atoms. The molecule has 0 fully saturated rings. The summed E-state index contributed by atoms with van der Waals surface area (Å²) in [5, 5.41) is 8.95. The molecule has 2 aromatic rings. The molecule has 106 valence electrons. The van der Waals surface area contributed by atoms with Gasteiger partial charge in [0.15, 0.2) is 0 Å². The summed E-state index contributed by atoms with van der Waals surface area (Å²) in [4.78, 5) is 3.75. The van der Waals surface area contributed by atoms with Gasteiger partial charge in [0.05, 0.1) is 11.5 Å². The fourth-order valence-corrected chi connectivity index (χ4v) is 2.67. The van der Waals surface area contributed by atoms with Crippen molar-refractivity contribution in [3.05, 3.63) is 59.7 Å². The van der Waals surface area contributed by atoms with Crippen molar-refractivity contribution in [2.45, 2.75) is 18.0 Å². The van der Waals surface area contributed by atoms with E-state index < -0.39 is 22.4 Å². The highest BCUT2D eigenvalue weighted by molar-refractivity contribution is 7.89. The van der Waals surface area contributed by atoms with Gasteiger partial charge in [-0.05, 0) is 35.9 Å². The maximum Gasteiger partial charge on any atom is 0.240 e. The Labute approximate surface area is 116 Å². The van der Waals surface area contributed by atoms with Crippen molar-refractivity contribution < 1.29 is 17.9 Å². The van der Waals surface area contributed by atoms with E-state index in [0.717, 1.165) is 23.8 Å². The van der Waals surface area contributed by atoms with Crippen molar-refractivity contribution in [3.8, 4) is 0 Å². The van der Waals surface area contributed by atoms with Crippen molar-refractivity contribution in [2.24, 2.45) is 0 Å². The molecule has 0 bridgehead atoms. The normalized spacial score (nSPS) is 11.5. The average molecular weight is 296 g/mol. The molecular formula is C13H13FN2O3S. The van der Waals surface area contributed by atoms with Crippen LogP contribution in [0.1, 0.15) is 11.1 Å².